The van der Waals surface area contributed by atoms with Gasteiger partial charge >= 0.3 is 0 Å². The SMILES string of the molecule is CCCCc1c[nH]c(N)c1C#N. The highest BCUT2D eigenvalue weighted by Crippen LogP contribution is 2.16. The highest BCUT2D eigenvalue weighted by atomic mass is 14.8. The number of aryl methyl sites for hydroxylation is 1. The van der Waals surface area contributed by atoms with E-state index in [1.807, 2.05) is 6.20 Å². The fourth-order valence-corrected chi connectivity index (χ4v) is 1.18. The maximum atomic E-state index is 8.74. The highest BCUT2D eigenvalue weighted by Gasteiger charge is 2.06. The topological polar surface area (TPSA) is 65.6 Å². The van der Waals surface area contributed by atoms with Crippen LogP contribution >= 0.6 is 0 Å². The minimum absolute atomic E-state index is 0.489. The van der Waals surface area contributed by atoms with E-state index in [2.05, 4.69) is 18.0 Å². The van der Waals surface area contributed by atoms with Gasteiger partial charge in [0.15, 0.2) is 0 Å². The van der Waals surface area contributed by atoms with E-state index in [-0.39, 0.29) is 0 Å². The van der Waals surface area contributed by atoms with Crippen molar-refractivity contribution in [2.75, 3.05) is 5.73 Å². The first-order valence-electron chi connectivity index (χ1n) is 4.15. The first-order valence-corrected chi connectivity index (χ1v) is 4.15. The molecular formula is C9H13N3. The second kappa shape index (κ2) is 3.82. The molecule has 3 heteroatoms. The van der Waals surface area contributed by atoms with Crippen LogP contribution in [0.3, 0.4) is 0 Å². The molecule has 3 N–H and O–H groups in total. The summed E-state index contributed by atoms with van der Waals surface area (Å²) in [4.78, 5) is 2.85. The number of unbranched alkanes of at least 4 members (excludes halogenated alkanes) is 1. The fraction of sp³-hybridized carbons (Fsp3) is 0.444. The molecule has 1 aromatic heterocycles. The summed E-state index contributed by atoms with van der Waals surface area (Å²) in [6, 6.07) is 2.10. The van der Waals surface area contributed by atoms with Crippen LogP contribution in [0.4, 0.5) is 5.82 Å². The van der Waals surface area contributed by atoms with Crippen LogP contribution in [0.2, 0.25) is 0 Å². The van der Waals surface area contributed by atoms with Crippen LogP contribution in [0.15, 0.2) is 6.20 Å². The summed E-state index contributed by atoms with van der Waals surface area (Å²) in [6.45, 7) is 2.13. The zero-order valence-corrected chi connectivity index (χ0v) is 7.22. The van der Waals surface area contributed by atoms with Crippen LogP contribution in [0, 0.1) is 11.3 Å². The van der Waals surface area contributed by atoms with Crippen LogP contribution in [0.25, 0.3) is 0 Å². The van der Waals surface area contributed by atoms with Crippen molar-refractivity contribution in [3.63, 3.8) is 0 Å². The predicted octanol–water partition coefficient (Wildman–Crippen LogP) is 1.81. The number of nitriles is 1. The number of nitrogens with one attached hydrogen (secondary N) is 1. The Morgan fingerprint density at radius 2 is 2.42 bits per heavy atom. The molecule has 3 nitrogen and oxygen atoms in total. The van der Waals surface area contributed by atoms with Gasteiger partial charge in [0, 0.05) is 6.20 Å². The first kappa shape index (κ1) is 8.66. The van der Waals surface area contributed by atoms with Gasteiger partial charge in [-0.05, 0) is 18.4 Å². The largest absolute Gasteiger partial charge is 0.384 e. The third kappa shape index (κ3) is 1.59. The van der Waals surface area contributed by atoms with Gasteiger partial charge in [0.05, 0.1) is 5.56 Å². The third-order valence-corrected chi connectivity index (χ3v) is 1.90. The molecule has 1 rings (SSSR count). The minimum atomic E-state index is 0.489. The Bertz CT molecular complexity index is 293. The first-order chi connectivity index (χ1) is 5.79. The molecule has 0 aliphatic heterocycles. The van der Waals surface area contributed by atoms with Gasteiger partial charge in [-0.1, -0.05) is 13.3 Å². The van der Waals surface area contributed by atoms with Crippen molar-refractivity contribution in [1.29, 1.82) is 5.26 Å². The number of hydrogen-bond acceptors (Lipinski definition) is 2. The van der Waals surface area contributed by atoms with Crippen LogP contribution in [0.1, 0.15) is 30.9 Å². The van der Waals surface area contributed by atoms with Crippen molar-refractivity contribution in [2.45, 2.75) is 26.2 Å². The number of nitrogens with zero attached hydrogens (tertiary/aromatic N) is 1. The quantitative estimate of drug-likeness (QED) is 0.713. The van der Waals surface area contributed by atoms with E-state index in [0.29, 0.717) is 11.4 Å². The van der Waals surface area contributed by atoms with Gasteiger partial charge in [-0.15, -0.1) is 0 Å². The average Bonchev–Trinajstić information content (AvgIpc) is 2.43. The lowest BCUT2D eigenvalue weighted by Gasteiger charge is -1.94. The summed E-state index contributed by atoms with van der Waals surface area (Å²) in [7, 11) is 0. The number of aromatic nitrogens is 1. The number of hydrogen-bond donors (Lipinski definition) is 2. The zero-order chi connectivity index (χ0) is 8.97. The van der Waals surface area contributed by atoms with Crippen molar-refractivity contribution in [1.82, 2.24) is 4.98 Å². The minimum Gasteiger partial charge on any atom is -0.384 e. The Labute approximate surface area is 72.2 Å². The van der Waals surface area contributed by atoms with E-state index in [9.17, 15) is 0 Å². The summed E-state index contributed by atoms with van der Waals surface area (Å²) in [6.07, 6.45) is 5.00. The van der Waals surface area contributed by atoms with E-state index >= 15 is 0 Å². The molecule has 0 unspecified atom stereocenters. The molecule has 12 heavy (non-hydrogen) atoms. The summed E-state index contributed by atoms with van der Waals surface area (Å²) in [5.41, 5.74) is 7.20. The predicted molar refractivity (Wildman–Crippen MR) is 48.5 cm³/mol. The Morgan fingerprint density at radius 3 is 3.00 bits per heavy atom. The lowest BCUT2D eigenvalue weighted by Crippen LogP contribution is -1.90. The average molecular weight is 163 g/mol. The second-order valence-electron chi connectivity index (χ2n) is 2.82. The number of rotatable bonds is 3. The van der Waals surface area contributed by atoms with E-state index in [0.717, 1.165) is 24.8 Å². The number of anilines is 1. The van der Waals surface area contributed by atoms with Gasteiger partial charge in [0.2, 0.25) is 0 Å². The summed E-state index contributed by atoms with van der Waals surface area (Å²) in [5.74, 6) is 0.489. The number of aromatic amines is 1. The van der Waals surface area contributed by atoms with Gasteiger partial charge in [-0.3, -0.25) is 0 Å². The molecule has 0 saturated carbocycles. The number of H-pyrrole nitrogens is 1. The van der Waals surface area contributed by atoms with Crippen LogP contribution < -0.4 is 5.73 Å². The van der Waals surface area contributed by atoms with Crippen molar-refractivity contribution in [2.24, 2.45) is 0 Å². The summed E-state index contributed by atoms with van der Waals surface area (Å²) < 4.78 is 0. The molecule has 0 amide bonds. The molecule has 0 radical (unpaired) electrons. The van der Waals surface area contributed by atoms with E-state index in [1.54, 1.807) is 0 Å². The summed E-state index contributed by atoms with van der Waals surface area (Å²) >= 11 is 0. The fourth-order valence-electron chi connectivity index (χ4n) is 1.18. The molecule has 0 spiro atoms. The Balaban J connectivity index is 2.79. The molecule has 0 atom stereocenters. The van der Waals surface area contributed by atoms with Crippen molar-refractivity contribution < 1.29 is 0 Å². The van der Waals surface area contributed by atoms with Crippen molar-refractivity contribution in [3.8, 4) is 6.07 Å². The molecule has 0 bridgehead atoms. The smallest absolute Gasteiger partial charge is 0.119 e. The van der Waals surface area contributed by atoms with E-state index in [4.69, 9.17) is 11.0 Å². The van der Waals surface area contributed by atoms with Gasteiger partial charge in [-0.2, -0.15) is 5.26 Å². The molecule has 0 fully saturated rings. The van der Waals surface area contributed by atoms with E-state index < -0.39 is 0 Å². The second-order valence-corrected chi connectivity index (χ2v) is 2.82. The van der Waals surface area contributed by atoms with Crippen LogP contribution in [0.5, 0.6) is 0 Å². The Kier molecular flexibility index (Phi) is 2.76. The maximum absolute atomic E-state index is 8.74. The Hall–Kier alpha value is -1.43. The lowest BCUT2D eigenvalue weighted by molar-refractivity contribution is 0.794. The zero-order valence-electron chi connectivity index (χ0n) is 7.22. The molecule has 1 heterocycles. The molecule has 0 aromatic carbocycles. The maximum Gasteiger partial charge on any atom is 0.119 e. The van der Waals surface area contributed by atoms with Gasteiger partial charge in [0.1, 0.15) is 11.9 Å². The molecule has 1 aromatic rings. The molecular weight excluding hydrogens is 150 g/mol. The van der Waals surface area contributed by atoms with Crippen LogP contribution in [-0.4, -0.2) is 4.98 Å². The molecule has 0 saturated heterocycles. The van der Waals surface area contributed by atoms with Crippen molar-refractivity contribution >= 4 is 5.82 Å². The normalized spacial score (nSPS) is 9.67. The van der Waals surface area contributed by atoms with Gasteiger partial charge < -0.3 is 10.7 Å². The monoisotopic (exact) mass is 163 g/mol. The lowest BCUT2D eigenvalue weighted by atomic mass is 10.1. The van der Waals surface area contributed by atoms with Gasteiger partial charge in [0.25, 0.3) is 0 Å². The van der Waals surface area contributed by atoms with Gasteiger partial charge in [-0.25, -0.2) is 0 Å². The Morgan fingerprint density at radius 1 is 1.67 bits per heavy atom. The standard InChI is InChI=1S/C9H13N3/c1-2-3-4-7-6-12-9(11)8(7)5-10/h6,12H,2-4,11H2,1H3. The number of nitrogen functional groups attached to an aromatic ring is 1. The third-order valence-electron chi connectivity index (χ3n) is 1.90. The summed E-state index contributed by atoms with van der Waals surface area (Å²) in [5, 5.41) is 8.74. The number of nitrogens with two attached hydrogens (primary N) is 1. The molecule has 0 aliphatic rings. The highest BCUT2D eigenvalue weighted by molar-refractivity contribution is 5.53. The molecule has 64 valence electrons. The van der Waals surface area contributed by atoms with Crippen LogP contribution in [-0.2, 0) is 6.42 Å². The van der Waals surface area contributed by atoms with E-state index in [1.165, 1.54) is 0 Å². The molecule has 0 aliphatic carbocycles. The van der Waals surface area contributed by atoms with Crippen molar-refractivity contribution in [3.05, 3.63) is 17.3 Å².